The summed E-state index contributed by atoms with van der Waals surface area (Å²) in [7, 11) is 0. The standard InChI is InChI=1S/C26H28F4N4/c27-23-9-2-1-8-21(23)22-11-12-32-24(25(22)31)10-3-4-13-33-14-16-34(17-15-33)20-7-5-6-19(18-20)26(28,29)30/h1-2,5-9,11-12,18H,3-4,10,13-17,31H2. The molecule has 4 nitrogen and oxygen atoms in total. The number of aryl methyl sites for hydroxylation is 1. The number of alkyl halides is 3. The molecule has 8 heteroatoms. The number of hydrogen-bond donors (Lipinski definition) is 1. The zero-order chi connectivity index (χ0) is 24.1. The van der Waals surface area contributed by atoms with Crippen molar-refractivity contribution in [2.45, 2.75) is 25.4 Å². The fourth-order valence-electron chi connectivity index (χ4n) is 4.37. The molecule has 0 bridgehead atoms. The van der Waals surface area contributed by atoms with Crippen molar-refractivity contribution >= 4 is 11.4 Å². The minimum Gasteiger partial charge on any atom is -0.397 e. The third-order valence-electron chi connectivity index (χ3n) is 6.29. The van der Waals surface area contributed by atoms with Gasteiger partial charge in [-0.3, -0.25) is 9.88 Å². The number of piperazine rings is 1. The van der Waals surface area contributed by atoms with Crippen LogP contribution in [0.15, 0.2) is 60.8 Å². The molecule has 0 radical (unpaired) electrons. The second-order valence-corrected chi connectivity index (χ2v) is 8.53. The van der Waals surface area contributed by atoms with Crippen LogP contribution in [-0.4, -0.2) is 42.6 Å². The Morgan fingerprint density at radius 2 is 1.65 bits per heavy atom. The normalized spacial score (nSPS) is 15.0. The topological polar surface area (TPSA) is 45.4 Å². The van der Waals surface area contributed by atoms with E-state index in [0.29, 0.717) is 42.0 Å². The van der Waals surface area contributed by atoms with Crippen molar-refractivity contribution in [1.29, 1.82) is 0 Å². The van der Waals surface area contributed by atoms with Crippen molar-refractivity contribution in [2.75, 3.05) is 43.4 Å². The van der Waals surface area contributed by atoms with Gasteiger partial charge in [0.15, 0.2) is 0 Å². The molecule has 0 atom stereocenters. The van der Waals surface area contributed by atoms with Gasteiger partial charge in [-0.15, -0.1) is 0 Å². The fraction of sp³-hybridized carbons (Fsp3) is 0.346. The molecule has 2 heterocycles. The van der Waals surface area contributed by atoms with Crippen molar-refractivity contribution in [3.8, 4) is 11.1 Å². The first-order valence-electron chi connectivity index (χ1n) is 11.5. The molecule has 1 aromatic heterocycles. The lowest BCUT2D eigenvalue weighted by molar-refractivity contribution is -0.137. The Balaban J connectivity index is 1.25. The summed E-state index contributed by atoms with van der Waals surface area (Å²) in [6.45, 7) is 3.91. The molecule has 0 saturated carbocycles. The van der Waals surface area contributed by atoms with Crippen molar-refractivity contribution in [3.05, 3.63) is 77.9 Å². The van der Waals surface area contributed by atoms with Gasteiger partial charge in [0.05, 0.1) is 16.9 Å². The van der Waals surface area contributed by atoms with Gasteiger partial charge in [-0.25, -0.2) is 4.39 Å². The number of nitrogen functional groups attached to an aromatic ring is 1. The minimum absolute atomic E-state index is 0.310. The molecule has 3 aromatic rings. The van der Waals surface area contributed by atoms with Gasteiger partial charge in [-0.1, -0.05) is 24.3 Å². The lowest BCUT2D eigenvalue weighted by atomic mass is 10.0. The Labute approximate surface area is 197 Å². The zero-order valence-corrected chi connectivity index (χ0v) is 18.9. The van der Waals surface area contributed by atoms with E-state index in [4.69, 9.17) is 5.73 Å². The van der Waals surface area contributed by atoms with Crippen LogP contribution < -0.4 is 10.6 Å². The van der Waals surface area contributed by atoms with Crippen LogP contribution in [0.2, 0.25) is 0 Å². The van der Waals surface area contributed by atoms with Gasteiger partial charge >= 0.3 is 6.18 Å². The van der Waals surface area contributed by atoms with Crippen LogP contribution in [0, 0.1) is 5.82 Å². The van der Waals surface area contributed by atoms with Gasteiger partial charge in [-0.2, -0.15) is 13.2 Å². The average molecular weight is 473 g/mol. The first kappa shape index (κ1) is 24.0. The van der Waals surface area contributed by atoms with Crippen LogP contribution in [-0.2, 0) is 12.6 Å². The molecule has 1 aliphatic rings. The van der Waals surface area contributed by atoms with E-state index in [0.717, 1.165) is 44.2 Å². The first-order chi connectivity index (χ1) is 16.3. The number of rotatable bonds is 7. The Morgan fingerprint density at radius 3 is 2.38 bits per heavy atom. The van der Waals surface area contributed by atoms with Crippen molar-refractivity contribution in [1.82, 2.24) is 9.88 Å². The summed E-state index contributed by atoms with van der Waals surface area (Å²) in [5, 5.41) is 0. The molecular formula is C26H28F4N4. The Bertz CT molecular complexity index is 1110. The van der Waals surface area contributed by atoms with E-state index in [1.807, 2.05) is 4.90 Å². The molecule has 0 unspecified atom stereocenters. The van der Waals surface area contributed by atoms with E-state index in [1.54, 1.807) is 36.5 Å². The predicted molar refractivity (Wildman–Crippen MR) is 127 cm³/mol. The van der Waals surface area contributed by atoms with Gasteiger partial charge in [0.1, 0.15) is 5.82 Å². The highest BCUT2D eigenvalue weighted by Crippen LogP contribution is 2.32. The summed E-state index contributed by atoms with van der Waals surface area (Å²) in [5.74, 6) is -0.310. The van der Waals surface area contributed by atoms with Crippen molar-refractivity contribution < 1.29 is 17.6 Å². The molecular weight excluding hydrogens is 444 g/mol. The second kappa shape index (κ2) is 10.4. The molecule has 2 N–H and O–H groups in total. The number of halogens is 4. The minimum atomic E-state index is -4.33. The largest absolute Gasteiger partial charge is 0.416 e. The van der Waals surface area contributed by atoms with Gasteiger partial charge in [-0.05, 0) is 56.1 Å². The molecule has 34 heavy (non-hydrogen) atoms. The summed E-state index contributed by atoms with van der Waals surface area (Å²) in [4.78, 5) is 8.73. The lowest BCUT2D eigenvalue weighted by Crippen LogP contribution is -2.46. The zero-order valence-electron chi connectivity index (χ0n) is 18.9. The van der Waals surface area contributed by atoms with Gasteiger partial charge in [0, 0.05) is 49.2 Å². The quantitative estimate of drug-likeness (QED) is 0.357. The van der Waals surface area contributed by atoms with Crippen LogP contribution in [0.1, 0.15) is 24.1 Å². The molecule has 0 spiro atoms. The Kier molecular flexibility index (Phi) is 7.36. The molecule has 2 aromatic carbocycles. The number of benzene rings is 2. The molecule has 180 valence electrons. The SMILES string of the molecule is Nc1c(-c2ccccc2F)ccnc1CCCCN1CCN(c2cccc(C(F)(F)F)c2)CC1. The maximum Gasteiger partial charge on any atom is 0.416 e. The number of unbranched alkanes of at least 4 members (excludes halogenated alkanes) is 1. The molecule has 4 rings (SSSR count). The number of anilines is 2. The number of nitrogens with zero attached hydrogens (tertiary/aromatic N) is 3. The van der Waals surface area contributed by atoms with Crippen LogP contribution in [0.5, 0.6) is 0 Å². The van der Waals surface area contributed by atoms with Crippen LogP contribution in [0.3, 0.4) is 0 Å². The Morgan fingerprint density at radius 1 is 0.882 bits per heavy atom. The maximum absolute atomic E-state index is 14.2. The van der Waals surface area contributed by atoms with Crippen molar-refractivity contribution in [3.63, 3.8) is 0 Å². The molecule has 1 fully saturated rings. The summed E-state index contributed by atoms with van der Waals surface area (Å²) in [6.07, 6.45) is -0.107. The van der Waals surface area contributed by atoms with Crippen molar-refractivity contribution in [2.24, 2.45) is 0 Å². The van der Waals surface area contributed by atoms with Gasteiger partial charge in [0.25, 0.3) is 0 Å². The number of hydrogen-bond acceptors (Lipinski definition) is 4. The fourth-order valence-corrected chi connectivity index (χ4v) is 4.37. The summed E-state index contributed by atoms with van der Waals surface area (Å²) < 4.78 is 53.1. The van der Waals surface area contributed by atoms with E-state index < -0.39 is 11.7 Å². The smallest absolute Gasteiger partial charge is 0.397 e. The maximum atomic E-state index is 14.2. The highest BCUT2D eigenvalue weighted by molar-refractivity contribution is 5.77. The Hall–Kier alpha value is -3.13. The number of aromatic nitrogens is 1. The van der Waals surface area contributed by atoms with E-state index in [9.17, 15) is 17.6 Å². The van der Waals surface area contributed by atoms with Crippen LogP contribution >= 0.6 is 0 Å². The monoisotopic (exact) mass is 472 g/mol. The molecule has 0 aliphatic carbocycles. The molecule has 1 saturated heterocycles. The van der Waals surface area contributed by atoms with E-state index in [1.165, 1.54) is 18.2 Å². The van der Waals surface area contributed by atoms with E-state index in [-0.39, 0.29) is 5.82 Å². The van der Waals surface area contributed by atoms with Gasteiger partial charge in [0.2, 0.25) is 0 Å². The third-order valence-corrected chi connectivity index (χ3v) is 6.29. The highest BCUT2D eigenvalue weighted by atomic mass is 19.4. The summed E-state index contributed by atoms with van der Waals surface area (Å²) in [5.41, 5.74) is 8.73. The third kappa shape index (κ3) is 5.67. The first-order valence-corrected chi connectivity index (χ1v) is 11.5. The summed E-state index contributed by atoms with van der Waals surface area (Å²) in [6, 6.07) is 13.8. The lowest BCUT2D eigenvalue weighted by Gasteiger charge is -2.36. The van der Waals surface area contributed by atoms with E-state index >= 15 is 0 Å². The number of nitrogens with two attached hydrogens (primary N) is 1. The van der Waals surface area contributed by atoms with Crippen LogP contribution in [0.4, 0.5) is 28.9 Å². The number of pyridine rings is 1. The second-order valence-electron chi connectivity index (χ2n) is 8.53. The summed E-state index contributed by atoms with van der Waals surface area (Å²) >= 11 is 0. The van der Waals surface area contributed by atoms with E-state index in [2.05, 4.69) is 9.88 Å². The van der Waals surface area contributed by atoms with Gasteiger partial charge < -0.3 is 10.6 Å². The molecule has 1 aliphatic heterocycles. The molecule has 0 amide bonds. The van der Waals surface area contributed by atoms with Crippen LogP contribution in [0.25, 0.3) is 11.1 Å². The predicted octanol–water partition coefficient (Wildman–Crippen LogP) is 5.63. The highest BCUT2D eigenvalue weighted by Gasteiger charge is 2.31. The average Bonchev–Trinajstić information content (AvgIpc) is 2.83.